The van der Waals surface area contributed by atoms with E-state index in [4.69, 9.17) is 9.47 Å². The molecule has 0 aliphatic carbocycles. The maximum Gasteiger partial charge on any atom is 0.344 e. The lowest BCUT2D eigenvalue weighted by Gasteiger charge is -2.12. The predicted octanol–water partition coefficient (Wildman–Crippen LogP) is 3.43. The van der Waals surface area contributed by atoms with Crippen LogP contribution in [0, 0.1) is 6.92 Å². The van der Waals surface area contributed by atoms with E-state index in [2.05, 4.69) is 15.2 Å². The van der Waals surface area contributed by atoms with Crippen LogP contribution < -0.4 is 4.74 Å². The van der Waals surface area contributed by atoms with Gasteiger partial charge in [-0.05, 0) is 48.5 Å². The number of carbonyl (C=O) groups is 2. The van der Waals surface area contributed by atoms with E-state index in [1.165, 1.54) is 6.08 Å². The number of aromatic amines is 1. The summed E-state index contributed by atoms with van der Waals surface area (Å²) in [4.78, 5) is 27.7. The van der Waals surface area contributed by atoms with Gasteiger partial charge in [-0.2, -0.15) is 0 Å². The van der Waals surface area contributed by atoms with Crippen molar-refractivity contribution >= 4 is 40.5 Å². The number of hydrogen-bond donors (Lipinski definition) is 2. The van der Waals surface area contributed by atoms with Crippen molar-refractivity contribution in [1.82, 2.24) is 15.2 Å². The lowest BCUT2D eigenvalue weighted by atomic mass is 10.0. The van der Waals surface area contributed by atoms with Crippen LogP contribution in [0.2, 0.25) is 0 Å². The van der Waals surface area contributed by atoms with E-state index in [-0.39, 0.29) is 18.1 Å². The lowest BCUT2D eigenvalue weighted by Crippen LogP contribution is -2.15. The first-order chi connectivity index (χ1) is 14.0. The number of carboxylic acid groups (broad SMARTS) is 1. The highest BCUT2D eigenvalue weighted by Crippen LogP contribution is 2.33. The van der Waals surface area contributed by atoms with E-state index >= 15 is 0 Å². The van der Waals surface area contributed by atoms with Gasteiger partial charge in [0.15, 0.2) is 6.61 Å². The number of nitrogens with zero attached hydrogens (tertiary/aromatic N) is 2. The number of benzene rings is 2. The lowest BCUT2D eigenvalue weighted by molar-refractivity contribution is -0.145. The molecule has 0 spiro atoms. The first kappa shape index (κ1) is 20.4. The zero-order valence-electron chi connectivity index (χ0n) is 15.8. The Labute approximate surface area is 170 Å². The molecule has 8 nitrogen and oxygen atoms in total. The molecule has 0 saturated carbocycles. The summed E-state index contributed by atoms with van der Waals surface area (Å²) in [7, 11) is 0. The molecular weight excluding hydrogens is 394 g/mol. The van der Waals surface area contributed by atoms with E-state index in [0.717, 1.165) is 22.5 Å². The number of aromatic nitrogens is 3. The highest BCUT2D eigenvalue weighted by molar-refractivity contribution is 8.04. The Morgan fingerprint density at radius 2 is 2.03 bits per heavy atom. The van der Waals surface area contributed by atoms with Crippen molar-refractivity contribution in [3.8, 4) is 5.75 Å². The van der Waals surface area contributed by atoms with Gasteiger partial charge in [-0.1, -0.05) is 30.3 Å². The van der Waals surface area contributed by atoms with E-state index < -0.39 is 11.9 Å². The van der Waals surface area contributed by atoms with Gasteiger partial charge in [0.2, 0.25) is 5.16 Å². The van der Waals surface area contributed by atoms with Gasteiger partial charge in [-0.3, -0.25) is 5.10 Å². The number of thioether (sulfide) groups is 1. The number of rotatable bonds is 8. The molecule has 0 atom stereocenters. The Hall–Kier alpha value is -3.33. The van der Waals surface area contributed by atoms with E-state index in [0.29, 0.717) is 22.3 Å². The summed E-state index contributed by atoms with van der Waals surface area (Å²) in [6.07, 6.45) is 1.50. The molecule has 29 heavy (non-hydrogen) atoms. The number of carbonyl (C=O) groups excluding carboxylic acids is 1. The standard InChI is InChI=1S/C20H19N3O5S/c1-3-27-18(24)11-28-16-9-8-13-6-4-5-7-14(13)15(16)10-17(19(25)26)29-20-21-12(2)22-23-20/h4-10H,3,11H2,1-2H3,(H,25,26)(H,21,22,23)/b17-10-. The predicted molar refractivity (Wildman–Crippen MR) is 109 cm³/mol. The SMILES string of the molecule is CCOC(=O)COc1ccc2ccccc2c1/C=C(\Sc1n[nH]c(C)n1)C(=O)O. The summed E-state index contributed by atoms with van der Waals surface area (Å²) in [5.41, 5.74) is 0.546. The van der Waals surface area contributed by atoms with Gasteiger partial charge in [-0.15, -0.1) is 5.10 Å². The molecule has 1 heterocycles. The average molecular weight is 413 g/mol. The average Bonchev–Trinajstić information content (AvgIpc) is 3.11. The molecule has 0 unspecified atom stereocenters. The molecule has 3 rings (SSSR count). The van der Waals surface area contributed by atoms with Crippen LogP contribution in [0.1, 0.15) is 18.3 Å². The first-order valence-corrected chi connectivity index (χ1v) is 9.61. The van der Waals surface area contributed by atoms with Crippen LogP contribution in [0.25, 0.3) is 16.8 Å². The van der Waals surface area contributed by atoms with Gasteiger partial charge in [0, 0.05) is 5.56 Å². The third-order valence-corrected chi connectivity index (χ3v) is 4.72. The van der Waals surface area contributed by atoms with Gasteiger partial charge >= 0.3 is 11.9 Å². The second-order valence-electron chi connectivity index (χ2n) is 5.91. The first-order valence-electron chi connectivity index (χ1n) is 8.80. The fourth-order valence-corrected chi connectivity index (χ4v) is 3.36. The van der Waals surface area contributed by atoms with Crippen LogP contribution in [0.3, 0.4) is 0 Å². The van der Waals surface area contributed by atoms with Crippen molar-refractivity contribution in [2.24, 2.45) is 0 Å². The van der Waals surface area contributed by atoms with Crippen LogP contribution in [0.5, 0.6) is 5.75 Å². The van der Waals surface area contributed by atoms with Crippen LogP contribution >= 0.6 is 11.8 Å². The second kappa shape index (κ2) is 9.24. The summed E-state index contributed by atoms with van der Waals surface area (Å²) >= 11 is 0.923. The van der Waals surface area contributed by atoms with Gasteiger partial charge in [0.25, 0.3) is 0 Å². The van der Waals surface area contributed by atoms with Gasteiger partial charge < -0.3 is 14.6 Å². The molecule has 1 aromatic heterocycles. The van der Waals surface area contributed by atoms with E-state index in [1.807, 2.05) is 30.3 Å². The molecule has 0 amide bonds. The van der Waals surface area contributed by atoms with Crippen LogP contribution in [-0.2, 0) is 14.3 Å². The molecular formula is C20H19N3O5S. The molecule has 2 N–H and O–H groups in total. The van der Waals surface area contributed by atoms with Crippen LogP contribution in [-0.4, -0.2) is 45.4 Å². The van der Waals surface area contributed by atoms with E-state index in [9.17, 15) is 14.7 Å². The Kier molecular flexibility index (Phi) is 6.50. The molecule has 0 bridgehead atoms. The van der Waals surface area contributed by atoms with Crippen molar-refractivity contribution in [1.29, 1.82) is 0 Å². The maximum atomic E-state index is 11.8. The zero-order valence-corrected chi connectivity index (χ0v) is 16.7. The normalized spacial score (nSPS) is 11.4. The van der Waals surface area contributed by atoms with Crippen molar-refractivity contribution in [2.45, 2.75) is 19.0 Å². The number of aryl methyl sites for hydroxylation is 1. The number of carboxylic acids is 1. The molecule has 0 radical (unpaired) electrons. The monoisotopic (exact) mass is 413 g/mol. The molecule has 0 fully saturated rings. The largest absolute Gasteiger partial charge is 0.481 e. The number of esters is 1. The number of ether oxygens (including phenoxy) is 2. The number of aliphatic carboxylic acids is 1. The van der Waals surface area contributed by atoms with Crippen molar-refractivity contribution in [3.05, 3.63) is 52.7 Å². The minimum atomic E-state index is -1.12. The van der Waals surface area contributed by atoms with Crippen molar-refractivity contribution < 1.29 is 24.2 Å². The summed E-state index contributed by atoms with van der Waals surface area (Å²) in [5.74, 6) is -0.663. The van der Waals surface area contributed by atoms with Crippen LogP contribution in [0.15, 0.2) is 46.5 Å². The summed E-state index contributed by atoms with van der Waals surface area (Å²) in [6, 6.07) is 11.1. The third kappa shape index (κ3) is 5.14. The highest BCUT2D eigenvalue weighted by Gasteiger charge is 2.16. The summed E-state index contributed by atoms with van der Waals surface area (Å²) in [6.45, 7) is 3.42. The summed E-state index contributed by atoms with van der Waals surface area (Å²) in [5, 5.41) is 18.3. The number of hydrogen-bond acceptors (Lipinski definition) is 7. The topological polar surface area (TPSA) is 114 Å². The molecule has 9 heteroatoms. The molecule has 3 aromatic rings. The Balaban J connectivity index is 2.03. The zero-order chi connectivity index (χ0) is 20.8. The number of nitrogens with one attached hydrogen (secondary N) is 1. The Morgan fingerprint density at radius 3 is 2.72 bits per heavy atom. The smallest absolute Gasteiger partial charge is 0.344 e. The highest BCUT2D eigenvalue weighted by atomic mass is 32.2. The second-order valence-corrected chi connectivity index (χ2v) is 6.92. The maximum absolute atomic E-state index is 11.8. The van der Waals surface area contributed by atoms with Gasteiger partial charge in [0.05, 0.1) is 6.61 Å². The molecule has 150 valence electrons. The quantitative estimate of drug-likeness (QED) is 0.328. The van der Waals surface area contributed by atoms with E-state index in [1.54, 1.807) is 19.9 Å². The van der Waals surface area contributed by atoms with Gasteiger partial charge in [-0.25, -0.2) is 14.6 Å². The van der Waals surface area contributed by atoms with Gasteiger partial charge in [0.1, 0.15) is 16.5 Å². The molecule has 0 saturated heterocycles. The molecule has 2 aromatic carbocycles. The Bertz CT molecular complexity index is 1080. The minimum Gasteiger partial charge on any atom is -0.481 e. The molecule has 0 aliphatic heterocycles. The molecule has 0 aliphatic rings. The fraction of sp³-hybridized carbons (Fsp3) is 0.200. The van der Waals surface area contributed by atoms with Crippen LogP contribution in [0.4, 0.5) is 0 Å². The minimum absolute atomic E-state index is 0.0151. The Morgan fingerprint density at radius 1 is 1.24 bits per heavy atom. The van der Waals surface area contributed by atoms with Crippen molar-refractivity contribution in [3.63, 3.8) is 0 Å². The number of fused-ring (bicyclic) bond motifs is 1. The van der Waals surface area contributed by atoms with Crippen molar-refractivity contribution in [2.75, 3.05) is 13.2 Å². The fourth-order valence-electron chi connectivity index (χ4n) is 2.62. The third-order valence-electron chi connectivity index (χ3n) is 3.85. The number of H-pyrrole nitrogens is 1. The summed E-state index contributed by atoms with van der Waals surface area (Å²) < 4.78 is 10.5.